The van der Waals surface area contributed by atoms with Crippen molar-refractivity contribution in [2.24, 2.45) is 0 Å². The van der Waals surface area contributed by atoms with Gasteiger partial charge in [-0.05, 0) is 44.7 Å². The number of likely N-dealkylation sites (tertiary alicyclic amines) is 1. The van der Waals surface area contributed by atoms with E-state index in [4.69, 9.17) is 0 Å². The molecule has 122 valence electrons. The minimum Gasteiger partial charge on any atom is -0.336 e. The second-order valence-electron chi connectivity index (χ2n) is 6.12. The largest absolute Gasteiger partial charge is 0.336 e. The van der Waals surface area contributed by atoms with E-state index in [0.717, 1.165) is 50.2 Å². The molecule has 0 bridgehead atoms. The third-order valence-electron chi connectivity index (χ3n) is 4.50. The Labute approximate surface area is 136 Å². The van der Waals surface area contributed by atoms with E-state index in [2.05, 4.69) is 26.7 Å². The van der Waals surface area contributed by atoms with Crippen molar-refractivity contribution in [1.29, 1.82) is 0 Å². The molecule has 1 unspecified atom stereocenters. The van der Waals surface area contributed by atoms with Crippen LogP contribution in [0.4, 0.5) is 0 Å². The number of carbonyl (C=O) groups is 1. The van der Waals surface area contributed by atoms with E-state index in [1.54, 1.807) is 18.7 Å². The molecule has 1 aliphatic heterocycles. The van der Waals surface area contributed by atoms with Crippen LogP contribution in [0.1, 0.15) is 47.9 Å². The highest BCUT2D eigenvalue weighted by atomic mass is 16.2. The molecule has 2 aromatic heterocycles. The van der Waals surface area contributed by atoms with E-state index in [9.17, 15) is 4.79 Å². The average Bonchev–Trinajstić information content (AvgIpc) is 3.20. The van der Waals surface area contributed by atoms with Gasteiger partial charge in [0.15, 0.2) is 0 Å². The molecule has 1 saturated heterocycles. The Hall–Kier alpha value is -2.24. The number of aromatic nitrogens is 4. The first-order valence-corrected chi connectivity index (χ1v) is 8.28. The maximum Gasteiger partial charge on any atom is 0.255 e. The molecule has 3 heterocycles. The van der Waals surface area contributed by atoms with Crippen LogP contribution in [0.15, 0.2) is 24.8 Å². The summed E-state index contributed by atoms with van der Waals surface area (Å²) in [5.74, 6) is 1.10. The van der Waals surface area contributed by atoms with Crippen molar-refractivity contribution in [3.8, 4) is 0 Å². The second-order valence-corrected chi connectivity index (χ2v) is 6.12. The summed E-state index contributed by atoms with van der Waals surface area (Å²) in [4.78, 5) is 18.9. The minimum absolute atomic E-state index is 0.0978. The van der Waals surface area contributed by atoms with Crippen molar-refractivity contribution in [2.45, 2.75) is 52.1 Å². The van der Waals surface area contributed by atoms with Crippen LogP contribution in [-0.4, -0.2) is 43.1 Å². The van der Waals surface area contributed by atoms with Gasteiger partial charge in [0.25, 0.3) is 5.91 Å². The summed E-state index contributed by atoms with van der Waals surface area (Å²) in [6.45, 7) is 5.76. The lowest BCUT2D eigenvalue weighted by atomic mass is 10.1. The van der Waals surface area contributed by atoms with Crippen molar-refractivity contribution >= 4 is 5.91 Å². The molecule has 2 aromatic rings. The van der Waals surface area contributed by atoms with E-state index in [1.807, 2.05) is 17.9 Å². The second kappa shape index (κ2) is 6.89. The molecule has 0 aromatic carbocycles. The molecular formula is C17H23N5O. The highest BCUT2D eigenvalue weighted by Crippen LogP contribution is 2.23. The van der Waals surface area contributed by atoms with Gasteiger partial charge in [0.1, 0.15) is 12.2 Å². The Morgan fingerprint density at radius 2 is 2.26 bits per heavy atom. The van der Waals surface area contributed by atoms with Gasteiger partial charge in [-0.2, -0.15) is 0 Å². The number of nitrogens with zero attached hydrogens (tertiary/aromatic N) is 5. The lowest BCUT2D eigenvalue weighted by Crippen LogP contribution is -2.36. The molecule has 1 aliphatic rings. The van der Waals surface area contributed by atoms with Crippen molar-refractivity contribution in [2.75, 3.05) is 6.54 Å². The van der Waals surface area contributed by atoms with E-state index < -0.39 is 0 Å². The Morgan fingerprint density at radius 1 is 1.39 bits per heavy atom. The summed E-state index contributed by atoms with van der Waals surface area (Å²) in [7, 11) is 0. The van der Waals surface area contributed by atoms with Crippen LogP contribution in [0.2, 0.25) is 0 Å². The van der Waals surface area contributed by atoms with Gasteiger partial charge in [-0.3, -0.25) is 9.78 Å². The molecule has 0 radical (unpaired) electrons. The first kappa shape index (κ1) is 15.6. The Bertz CT molecular complexity index is 681. The van der Waals surface area contributed by atoms with Crippen molar-refractivity contribution in [3.05, 3.63) is 41.7 Å². The predicted molar refractivity (Wildman–Crippen MR) is 87.0 cm³/mol. The normalized spacial score (nSPS) is 17.7. The lowest BCUT2D eigenvalue weighted by Gasteiger charge is -2.24. The van der Waals surface area contributed by atoms with Gasteiger partial charge in [-0.1, -0.05) is 0 Å². The fraction of sp³-hybridized carbons (Fsp3) is 0.529. The number of rotatable bonds is 5. The monoisotopic (exact) mass is 313 g/mol. The van der Waals surface area contributed by atoms with Crippen molar-refractivity contribution in [1.82, 2.24) is 24.6 Å². The van der Waals surface area contributed by atoms with Crippen LogP contribution in [0.3, 0.4) is 0 Å². The number of hydrogen-bond acceptors (Lipinski definition) is 4. The van der Waals surface area contributed by atoms with Crippen LogP contribution in [0.25, 0.3) is 0 Å². The molecule has 6 heteroatoms. The van der Waals surface area contributed by atoms with E-state index in [1.165, 1.54) is 0 Å². The lowest BCUT2D eigenvalue weighted by molar-refractivity contribution is 0.0729. The third kappa shape index (κ3) is 3.41. The summed E-state index contributed by atoms with van der Waals surface area (Å²) >= 11 is 0. The topological polar surface area (TPSA) is 63.9 Å². The molecule has 1 amide bonds. The number of hydrogen-bond donors (Lipinski definition) is 0. The fourth-order valence-corrected chi connectivity index (χ4v) is 3.27. The maximum absolute atomic E-state index is 12.7. The molecule has 6 nitrogen and oxygen atoms in total. The minimum atomic E-state index is 0.0978. The van der Waals surface area contributed by atoms with Gasteiger partial charge in [0, 0.05) is 37.9 Å². The van der Waals surface area contributed by atoms with Gasteiger partial charge in [0.2, 0.25) is 0 Å². The zero-order chi connectivity index (χ0) is 16.2. The summed E-state index contributed by atoms with van der Waals surface area (Å²) in [6.07, 6.45) is 9.12. The number of aryl methyl sites for hydroxylation is 3. The van der Waals surface area contributed by atoms with Gasteiger partial charge in [0.05, 0.1) is 5.56 Å². The van der Waals surface area contributed by atoms with E-state index in [-0.39, 0.29) is 11.9 Å². The first-order valence-electron chi connectivity index (χ1n) is 8.28. The summed E-state index contributed by atoms with van der Waals surface area (Å²) in [5, 5.41) is 8.16. The molecule has 3 rings (SSSR count). The zero-order valence-corrected chi connectivity index (χ0v) is 13.8. The molecule has 23 heavy (non-hydrogen) atoms. The average molecular weight is 313 g/mol. The van der Waals surface area contributed by atoms with Gasteiger partial charge in [-0.25, -0.2) is 0 Å². The van der Waals surface area contributed by atoms with Gasteiger partial charge in [-0.15, -0.1) is 10.2 Å². The summed E-state index contributed by atoms with van der Waals surface area (Å²) in [6, 6.07) is 2.20. The molecular weight excluding hydrogens is 290 g/mol. The molecule has 0 N–H and O–H groups in total. The third-order valence-corrected chi connectivity index (χ3v) is 4.50. The van der Waals surface area contributed by atoms with Gasteiger partial charge < -0.3 is 9.47 Å². The Morgan fingerprint density at radius 3 is 3.04 bits per heavy atom. The molecule has 0 aliphatic carbocycles. The predicted octanol–water partition coefficient (Wildman–Crippen LogP) is 2.24. The Kier molecular flexibility index (Phi) is 4.69. The number of amides is 1. The van der Waals surface area contributed by atoms with E-state index in [0.29, 0.717) is 5.56 Å². The first-order chi connectivity index (χ1) is 11.2. The highest BCUT2D eigenvalue weighted by Gasteiger charge is 2.29. The summed E-state index contributed by atoms with van der Waals surface area (Å²) in [5.41, 5.74) is 1.70. The maximum atomic E-state index is 12.7. The van der Waals surface area contributed by atoms with Gasteiger partial charge >= 0.3 is 0 Å². The standard InChI is InChI=1S/C17H23N5O/c1-3-21-12-19-20-16(21)7-6-15-5-4-8-22(15)17(23)14-9-13(2)10-18-11-14/h9-12,15H,3-8H2,1-2H3. The van der Waals surface area contributed by atoms with Crippen LogP contribution >= 0.6 is 0 Å². The molecule has 0 spiro atoms. The molecule has 0 saturated carbocycles. The van der Waals surface area contributed by atoms with Crippen molar-refractivity contribution < 1.29 is 4.79 Å². The smallest absolute Gasteiger partial charge is 0.255 e. The van der Waals surface area contributed by atoms with Crippen LogP contribution < -0.4 is 0 Å². The highest BCUT2D eigenvalue weighted by molar-refractivity contribution is 5.94. The Balaban J connectivity index is 1.67. The quantitative estimate of drug-likeness (QED) is 0.849. The summed E-state index contributed by atoms with van der Waals surface area (Å²) < 4.78 is 2.06. The zero-order valence-electron chi connectivity index (χ0n) is 13.8. The molecule has 1 atom stereocenters. The molecule has 1 fully saturated rings. The van der Waals surface area contributed by atoms with Crippen LogP contribution in [0, 0.1) is 6.92 Å². The SMILES string of the molecule is CCn1cnnc1CCC1CCCN1C(=O)c1cncc(C)c1. The number of pyridine rings is 1. The van der Waals surface area contributed by atoms with E-state index >= 15 is 0 Å². The number of carbonyl (C=O) groups excluding carboxylic acids is 1. The fourth-order valence-electron chi connectivity index (χ4n) is 3.27. The van der Waals surface area contributed by atoms with Crippen LogP contribution in [-0.2, 0) is 13.0 Å². The van der Waals surface area contributed by atoms with Crippen molar-refractivity contribution in [3.63, 3.8) is 0 Å². The van der Waals surface area contributed by atoms with Crippen LogP contribution in [0.5, 0.6) is 0 Å².